The maximum absolute atomic E-state index is 12.2. The Morgan fingerprint density at radius 2 is 1.68 bits per heavy atom. The van der Waals surface area contributed by atoms with Gasteiger partial charge in [0.15, 0.2) is 0 Å². The molecule has 0 bridgehead atoms. The average molecular weight is 327 g/mol. The highest BCUT2D eigenvalue weighted by atomic mass is 19.4. The minimum absolute atomic E-state index is 0.123. The van der Waals surface area contributed by atoms with E-state index in [1.165, 1.54) is 0 Å². The van der Waals surface area contributed by atoms with E-state index < -0.39 is 35.7 Å². The lowest BCUT2D eigenvalue weighted by Crippen LogP contribution is -2.58. The van der Waals surface area contributed by atoms with E-state index >= 15 is 0 Å². The van der Waals surface area contributed by atoms with Gasteiger partial charge in [-0.1, -0.05) is 0 Å². The Kier molecular flexibility index (Phi) is 5.32. The van der Waals surface area contributed by atoms with Gasteiger partial charge in [-0.15, -0.1) is 13.2 Å². The molecule has 9 heteroatoms. The number of ether oxygens (including phenoxy) is 2. The van der Waals surface area contributed by atoms with Gasteiger partial charge in [0.2, 0.25) is 0 Å². The van der Waals surface area contributed by atoms with Crippen molar-refractivity contribution in [3.63, 3.8) is 0 Å². The molecule has 1 aliphatic rings. The van der Waals surface area contributed by atoms with Crippen molar-refractivity contribution in [3.8, 4) is 0 Å². The van der Waals surface area contributed by atoms with Crippen LogP contribution in [0.3, 0.4) is 0 Å². The number of nitrogens with one attached hydrogen (secondary N) is 1. The lowest BCUT2D eigenvalue weighted by molar-refractivity contribution is -0.345. The second-order valence-electron chi connectivity index (χ2n) is 6.28. The third-order valence-corrected chi connectivity index (χ3v) is 3.24. The molecule has 2 N–H and O–H groups in total. The Hall–Kier alpha value is -1.51. The number of aliphatic carboxylic acids is 1. The lowest BCUT2D eigenvalue weighted by atomic mass is 9.80. The summed E-state index contributed by atoms with van der Waals surface area (Å²) in [6.45, 7) is 4.86. The normalized spacial score (nSPS) is 26.4. The summed E-state index contributed by atoms with van der Waals surface area (Å²) in [5.41, 5.74) is -2.44. The van der Waals surface area contributed by atoms with Gasteiger partial charge >= 0.3 is 18.4 Å². The number of carbonyl (C=O) groups is 2. The Labute approximate surface area is 126 Å². The van der Waals surface area contributed by atoms with E-state index in [9.17, 15) is 27.9 Å². The second kappa shape index (κ2) is 6.31. The zero-order valence-corrected chi connectivity index (χ0v) is 12.6. The Morgan fingerprint density at radius 1 is 1.18 bits per heavy atom. The minimum Gasteiger partial charge on any atom is -0.480 e. The molecule has 22 heavy (non-hydrogen) atoms. The molecule has 128 valence electrons. The van der Waals surface area contributed by atoms with Crippen LogP contribution in [0.15, 0.2) is 0 Å². The van der Waals surface area contributed by atoms with Crippen LogP contribution in [-0.4, -0.2) is 40.8 Å². The van der Waals surface area contributed by atoms with Crippen LogP contribution in [0.5, 0.6) is 0 Å². The molecule has 0 radical (unpaired) electrons. The smallest absolute Gasteiger partial charge is 0.480 e. The van der Waals surface area contributed by atoms with E-state index in [0.717, 1.165) is 0 Å². The summed E-state index contributed by atoms with van der Waals surface area (Å²) in [6.07, 6.45) is -7.35. The molecular formula is C13H20F3NO5. The third-order valence-electron chi connectivity index (χ3n) is 3.24. The van der Waals surface area contributed by atoms with Crippen LogP contribution in [-0.2, 0) is 14.3 Å². The van der Waals surface area contributed by atoms with E-state index in [1.54, 1.807) is 20.8 Å². The number of hydrogen-bond acceptors (Lipinski definition) is 4. The summed E-state index contributed by atoms with van der Waals surface area (Å²) < 4.78 is 45.4. The molecule has 0 heterocycles. The fourth-order valence-electron chi connectivity index (χ4n) is 2.28. The number of alkyl carbamates (subject to hydrolysis) is 1. The molecule has 0 aromatic carbocycles. The molecule has 1 fully saturated rings. The second-order valence-corrected chi connectivity index (χ2v) is 6.28. The maximum atomic E-state index is 12.2. The molecule has 0 aromatic heterocycles. The topological polar surface area (TPSA) is 84.9 Å². The Balaban J connectivity index is 2.68. The largest absolute Gasteiger partial charge is 0.522 e. The van der Waals surface area contributed by atoms with Gasteiger partial charge in [-0.3, -0.25) is 4.74 Å². The Morgan fingerprint density at radius 3 is 2.05 bits per heavy atom. The van der Waals surface area contributed by atoms with Crippen LogP contribution in [0.4, 0.5) is 18.0 Å². The monoisotopic (exact) mass is 327 g/mol. The first kappa shape index (κ1) is 18.5. The first-order valence-corrected chi connectivity index (χ1v) is 6.82. The van der Waals surface area contributed by atoms with Crippen LogP contribution in [0.2, 0.25) is 0 Å². The summed E-state index contributed by atoms with van der Waals surface area (Å²) in [5.74, 6) is -1.30. The van der Waals surface area contributed by atoms with Crippen molar-refractivity contribution in [1.29, 1.82) is 0 Å². The quantitative estimate of drug-likeness (QED) is 0.832. The number of hydrogen-bond donors (Lipinski definition) is 2. The standard InChI is InChI=1S/C13H20F3NO5/c1-11(2,3)22-10(20)17-12(9(18)19)6-4-8(5-7-12)21-13(14,15)16/h8H,4-7H2,1-3H3,(H,17,20)(H,18,19). The molecule has 1 rings (SSSR count). The highest BCUT2D eigenvalue weighted by Gasteiger charge is 2.46. The van der Waals surface area contributed by atoms with E-state index in [4.69, 9.17) is 4.74 Å². The predicted octanol–water partition coefficient (Wildman–Crippen LogP) is 2.81. The molecule has 1 saturated carbocycles. The van der Waals surface area contributed by atoms with E-state index in [-0.39, 0.29) is 25.7 Å². The van der Waals surface area contributed by atoms with Crippen molar-refractivity contribution in [2.45, 2.75) is 70.1 Å². The van der Waals surface area contributed by atoms with Gasteiger partial charge in [0.1, 0.15) is 11.1 Å². The van der Waals surface area contributed by atoms with Crippen LogP contribution >= 0.6 is 0 Å². The van der Waals surface area contributed by atoms with E-state index in [1.807, 2.05) is 0 Å². The number of alkyl halides is 3. The molecule has 0 unspecified atom stereocenters. The molecule has 1 amide bonds. The van der Waals surface area contributed by atoms with Crippen molar-refractivity contribution in [2.24, 2.45) is 0 Å². The maximum Gasteiger partial charge on any atom is 0.522 e. The molecule has 0 spiro atoms. The Bertz CT molecular complexity index is 422. The number of amides is 1. The molecule has 0 saturated heterocycles. The van der Waals surface area contributed by atoms with Crippen LogP contribution in [0.1, 0.15) is 46.5 Å². The number of halogens is 3. The highest BCUT2D eigenvalue weighted by molar-refractivity contribution is 5.84. The molecule has 0 atom stereocenters. The number of carboxylic acids is 1. The third kappa shape index (κ3) is 5.70. The fourth-order valence-corrected chi connectivity index (χ4v) is 2.28. The molecule has 0 aliphatic heterocycles. The first-order chi connectivity index (χ1) is 9.83. The highest BCUT2D eigenvalue weighted by Crippen LogP contribution is 2.33. The van der Waals surface area contributed by atoms with Crippen LogP contribution < -0.4 is 5.32 Å². The molecular weight excluding hydrogens is 307 g/mol. The summed E-state index contributed by atoms with van der Waals surface area (Å²) in [6, 6.07) is 0. The van der Waals surface area contributed by atoms with Gasteiger partial charge in [0.05, 0.1) is 6.10 Å². The molecule has 6 nitrogen and oxygen atoms in total. The van der Waals surface area contributed by atoms with Gasteiger partial charge in [-0.2, -0.15) is 0 Å². The summed E-state index contributed by atoms with van der Waals surface area (Å²) in [4.78, 5) is 23.2. The summed E-state index contributed by atoms with van der Waals surface area (Å²) in [5, 5.41) is 11.6. The fraction of sp³-hybridized carbons (Fsp3) is 0.846. The van der Waals surface area contributed by atoms with E-state index in [0.29, 0.717) is 0 Å². The summed E-state index contributed by atoms with van der Waals surface area (Å²) in [7, 11) is 0. The van der Waals surface area contributed by atoms with Crippen molar-refractivity contribution in [3.05, 3.63) is 0 Å². The average Bonchev–Trinajstić information content (AvgIpc) is 2.27. The van der Waals surface area contributed by atoms with Crippen molar-refractivity contribution in [2.75, 3.05) is 0 Å². The number of carboxylic acid groups (broad SMARTS) is 1. The minimum atomic E-state index is -4.76. The van der Waals surface area contributed by atoms with E-state index in [2.05, 4.69) is 10.1 Å². The predicted molar refractivity (Wildman–Crippen MR) is 69.1 cm³/mol. The number of carbonyl (C=O) groups excluding carboxylic acids is 1. The van der Waals surface area contributed by atoms with Crippen molar-refractivity contribution in [1.82, 2.24) is 5.32 Å². The summed E-state index contributed by atoms with van der Waals surface area (Å²) >= 11 is 0. The van der Waals surface area contributed by atoms with Gasteiger partial charge < -0.3 is 15.2 Å². The molecule has 0 aromatic rings. The number of rotatable bonds is 3. The first-order valence-electron chi connectivity index (χ1n) is 6.82. The lowest BCUT2D eigenvalue weighted by Gasteiger charge is -2.37. The van der Waals surface area contributed by atoms with Crippen LogP contribution in [0.25, 0.3) is 0 Å². The molecule has 1 aliphatic carbocycles. The van der Waals surface area contributed by atoms with Gasteiger partial charge in [0.25, 0.3) is 0 Å². The zero-order valence-electron chi connectivity index (χ0n) is 12.6. The van der Waals surface area contributed by atoms with Gasteiger partial charge in [-0.25, -0.2) is 9.59 Å². The van der Waals surface area contributed by atoms with Crippen LogP contribution in [0, 0.1) is 0 Å². The SMILES string of the molecule is CC(C)(C)OC(=O)NC1(C(=O)O)CCC(OC(F)(F)F)CC1. The van der Waals surface area contributed by atoms with Crippen molar-refractivity contribution >= 4 is 12.1 Å². The van der Waals surface area contributed by atoms with Gasteiger partial charge in [0, 0.05) is 0 Å². The van der Waals surface area contributed by atoms with Crippen molar-refractivity contribution < 1.29 is 37.3 Å². The zero-order chi connectivity index (χ0) is 17.2. The van der Waals surface area contributed by atoms with Gasteiger partial charge in [-0.05, 0) is 46.5 Å².